The Hall–Kier alpha value is -2.28. The number of rotatable bonds is 3. The lowest BCUT2D eigenvalue weighted by molar-refractivity contribution is -0.121. The summed E-state index contributed by atoms with van der Waals surface area (Å²) in [5.74, 6) is -1.09. The summed E-state index contributed by atoms with van der Waals surface area (Å²) in [5.41, 5.74) is 4.08. The van der Waals surface area contributed by atoms with Crippen LogP contribution < -0.4 is 16.2 Å². The molecule has 3 N–H and O–H groups in total. The molecule has 0 spiro atoms. The van der Waals surface area contributed by atoms with Crippen molar-refractivity contribution in [2.24, 2.45) is 0 Å². The third kappa shape index (κ3) is 6.94. The Morgan fingerprint density at radius 2 is 1.68 bits per heavy atom. The van der Waals surface area contributed by atoms with Gasteiger partial charge in [-0.3, -0.25) is 20.4 Å². The Morgan fingerprint density at radius 1 is 1.09 bits per heavy atom. The number of alkyl carbamates (subject to hydrolysis) is 1. The second-order valence-corrected chi connectivity index (χ2v) is 5.80. The van der Waals surface area contributed by atoms with Crippen LogP contribution in [0.2, 0.25) is 5.02 Å². The molecule has 1 rings (SSSR count). The first kappa shape index (κ1) is 17.8. The Balaban J connectivity index is 2.32. The van der Waals surface area contributed by atoms with Gasteiger partial charge in [0.15, 0.2) is 0 Å². The largest absolute Gasteiger partial charge is 0.444 e. The van der Waals surface area contributed by atoms with Crippen LogP contribution in [0.4, 0.5) is 4.79 Å². The van der Waals surface area contributed by atoms with Crippen molar-refractivity contribution in [3.05, 3.63) is 34.9 Å². The summed E-state index contributed by atoms with van der Waals surface area (Å²) in [5, 5.41) is 2.77. The highest BCUT2D eigenvalue weighted by Crippen LogP contribution is 2.09. The van der Waals surface area contributed by atoms with Crippen LogP contribution in [-0.4, -0.2) is 30.1 Å². The molecule has 0 saturated carbocycles. The molecule has 0 fully saturated rings. The molecule has 0 unspecified atom stereocenters. The zero-order valence-electron chi connectivity index (χ0n) is 12.5. The number of benzene rings is 1. The fraction of sp³-hybridized carbons (Fsp3) is 0.357. The highest BCUT2D eigenvalue weighted by molar-refractivity contribution is 6.30. The zero-order valence-corrected chi connectivity index (χ0v) is 13.3. The van der Waals surface area contributed by atoms with Gasteiger partial charge in [0, 0.05) is 10.6 Å². The second-order valence-electron chi connectivity index (χ2n) is 5.36. The molecule has 22 heavy (non-hydrogen) atoms. The number of nitrogens with one attached hydrogen (secondary N) is 3. The van der Waals surface area contributed by atoms with Crippen LogP contribution in [-0.2, 0) is 9.53 Å². The number of hydrazine groups is 1. The lowest BCUT2D eigenvalue weighted by atomic mass is 10.2. The van der Waals surface area contributed by atoms with E-state index in [1.165, 1.54) is 12.1 Å². The van der Waals surface area contributed by atoms with Gasteiger partial charge in [-0.1, -0.05) is 11.6 Å². The van der Waals surface area contributed by atoms with Gasteiger partial charge < -0.3 is 10.1 Å². The lowest BCUT2D eigenvalue weighted by Crippen LogP contribution is -2.47. The maximum atomic E-state index is 11.7. The van der Waals surface area contributed by atoms with Gasteiger partial charge in [0.2, 0.25) is 0 Å². The van der Waals surface area contributed by atoms with Crippen molar-refractivity contribution >= 4 is 29.5 Å². The molecule has 3 amide bonds. The molecule has 0 atom stereocenters. The number of hydrogen-bond donors (Lipinski definition) is 3. The van der Waals surface area contributed by atoms with E-state index in [-0.39, 0.29) is 6.54 Å². The van der Waals surface area contributed by atoms with Crippen LogP contribution in [0.3, 0.4) is 0 Å². The van der Waals surface area contributed by atoms with Crippen molar-refractivity contribution in [2.45, 2.75) is 26.4 Å². The third-order valence-corrected chi connectivity index (χ3v) is 2.47. The highest BCUT2D eigenvalue weighted by atomic mass is 35.5. The van der Waals surface area contributed by atoms with Gasteiger partial charge in [0.25, 0.3) is 11.8 Å². The molecule has 0 aliphatic rings. The lowest BCUT2D eigenvalue weighted by Gasteiger charge is -2.19. The van der Waals surface area contributed by atoms with Gasteiger partial charge in [-0.25, -0.2) is 4.79 Å². The number of halogens is 1. The number of amides is 3. The first-order valence-corrected chi connectivity index (χ1v) is 6.87. The molecular formula is C14H18ClN3O4. The van der Waals surface area contributed by atoms with Gasteiger partial charge in [-0.15, -0.1) is 0 Å². The highest BCUT2D eigenvalue weighted by Gasteiger charge is 2.16. The van der Waals surface area contributed by atoms with Crippen molar-refractivity contribution in [3.8, 4) is 0 Å². The van der Waals surface area contributed by atoms with E-state index in [9.17, 15) is 14.4 Å². The van der Waals surface area contributed by atoms with Crippen LogP contribution in [0.5, 0.6) is 0 Å². The molecule has 0 radical (unpaired) electrons. The molecule has 7 nitrogen and oxygen atoms in total. The van der Waals surface area contributed by atoms with Gasteiger partial charge in [0.05, 0.1) is 0 Å². The minimum Gasteiger partial charge on any atom is -0.444 e. The number of ether oxygens (including phenoxy) is 1. The van der Waals surface area contributed by atoms with Crippen molar-refractivity contribution in [1.29, 1.82) is 0 Å². The predicted molar refractivity (Wildman–Crippen MR) is 81.3 cm³/mol. The molecule has 0 bridgehead atoms. The van der Waals surface area contributed by atoms with E-state index in [2.05, 4.69) is 16.2 Å². The van der Waals surface area contributed by atoms with Crippen molar-refractivity contribution in [2.75, 3.05) is 6.54 Å². The monoisotopic (exact) mass is 327 g/mol. The molecule has 0 aliphatic heterocycles. The minimum atomic E-state index is -0.716. The smallest absolute Gasteiger partial charge is 0.408 e. The van der Waals surface area contributed by atoms with E-state index in [0.717, 1.165) is 0 Å². The summed E-state index contributed by atoms with van der Waals surface area (Å²) >= 11 is 5.71. The van der Waals surface area contributed by atoms with Crippen molar-refractivity contribution in [3.63, 3.8) is 0 Å². The SMILES string of the molecule is CC(C)(C)OC(=O)NCC(=O)NNC(=O)c1ccc(Cl)cc1. The standard InChI is InChI=1S/C14H18ClN3O4/c1-14(2,3)22-13(21)16-8-11(19)17-18-12(20)9-4-6-10(15)7-5-9/h4-7H,8H2,1-3H3,(H,16,21)(H,17,19)(H,18,20). The van der Waals surface area contributed by atoms with Crippen LogP contribution in [0, 0.1) is 0 Å². The van der Waals surface area contributed by atoms with Crippen molar-refractivity contribution in [1.82, 2.24) is 16.2 Å². The first-order chi connectivity index (χ1) is 10.2. The molecule has 1 aromatic carbocycles. The first-order valence-electron chi connectivity index (χ1n) is 6.49. The summed E-state index contributed by atoms with van der Waals surface area (Å²) < 4.78 is 4.96. The van der Waals surface area contributed by atoms with Crippen LogP contribution >= 0.6 is 11.6 Å². The average Bonchev–Trinajstić information content (AvgIpc) is 2.41. The normalized spacial score (nSPS) is 10.5. The fourth-order valence-electron chi connectivity index (χ4n) is 1.31. The summed E-state index contributed by atoms with van der Waals surface area (Å²) in [6, 6.07) is 6.15. The molecule has 8 heteroatoms. The summed E-state index contributed by atoms with van der Waals surface area (Å²) in [4.78, 5) is 34.5. The van der Waals surface area contributed by atoms with E-state index in [1.807, 2.05) is 0 Å². The van der Waals surface area contributed by atoms with Crippen LogP contribution in [0.1, 0.15) is 31.1 Å². The maximum Gasteiger partial charge on any atom is 0.408 e. The van der Waals surface area contributed by atoms with Gasteiger partial charge in [-0.2, -0.15) is 0 Å². The maximum absolute atomic E-state index is 11.7. The Kier molecular flexibility index (Phi) is 6.18. The molecule has 0 saturated heterocycles. The van der Waals surface area contributed by atoms with Crippen LogP contribution in [0.25, 0.3) is 0 Å². The average molecular weight is 328 g/mol. The second kappa shape index (κ2) is 7.65. The molecule has 0 heterocycles. The van der Waals surface area contributed by atoms with E-state index in [4.69, 9.17) is 16.3 Å². The van der Waals surface area contributed by atoms with Crippen LogP contribution in [0.15, 0.2) is 24.3 Å². The molecule has 0 aromatic heterocycles. The van der Waals surface area contributed by atoms with Gasteiger partial charge in [0.1, 0.15) is 12.1 Å². The zero-order chi connectivity index (χ0) is 16.8. The molecule has 0 aliphatic carbocycles. The molecule has 1 aromatic rings. The summed E-state index contributed by atoms with van der Waals surface area (Å²) in [7, 11) is 0. The quantitative estimate of drug-likeness (QED) is 0.735. The number of carbonyl (C=O) groups excluding carboxylic acids is 3. The fourth-order valence-corrected chi connectivity index (χ4v) is 1.44. The number of carbonyl (C=O) groups is 3. The molecular weight excluding hydrogens is 310 g/mol. The Labute approximate surface area is 133 Å². The summed E-state index contributed by atoms with van der Waals surface area (Å²) in [6.07, 6.45) is -0.716. The predicted octanol–water partition coefficient (Wildman–Crippen LogP) is 1.63. The van der Waals surface area contributed by atoms with E-state index >= 15 is 0 Å². The van der Waals surface area contributed by atoms with E-state index < -0.39 is 23.5 Å². The molecule has 120 valence electrons. The number of hydrogen-bond acceptors (Lipinski definition) is 4. The third-order valence-electron chi connectivity index (χ3n) is 2.21. The Morgan fingerprint density at radius 3 is 2.23 bits per heavy atom. The topological polar surface area (TPSA) is 96.5 Å². The minimum absolute atomic E-state index is 0.324. The van der Waals surface area contributed by atoms with Gasteiger partial charge >= 0.3 is 6.09 Å². The Bertz CT molecular complexity index is 552. The van der Waals surface area contributed by atoms with E-state index in [0.29, 0.717) is 10.6 Å². The van der Waals surface area contributed by atoms with E-state index in [1.54, 1.807) is 32.9 Å². The van der Waals surface area contributed by atoms with Crippen molar-refractivity contribution < 1.29 is 19.1 Å². The van der Waals surface area contributed by atoms with Gasteiger partial charge in [-0.05, 0) is 45.0 Å². The summed E-state index contributed by atoms with van der Waals surface area (Å²) in [6.45, 7) is 4.80.